The summed E-state index contributed by atoms with van der Waals surface area (Å²) < 4.78 is 5.55. The Labute approximate surface area is 246 Å². The molecule has 3 rings (SSSR count). The Kier molecular flexibility index (Phi) is 11.4. The smallest absolute Gasteiger partial charge is 0.408 e. The fourth-order valence-corrected chi connectivity index (χ4v) is 5.47. The molecule has 0 saturated heterocycles. The summed E-state index contributed by atoms with van der Waals surface area (Å²) in [5.41, 5.74) is 2.95. The third-order valence-electron chi connectivity index (χ3n) is 7.80. The summed E-state index contributed by atoms with van der Waals surface area (Å²) in [5.74, 6) is -0.478. The van der Waals surface area contributed by atoms with Crippen LogP contribution in [0.15, 0.2) is 48.5 Å². The second-order valence-electron chi connectivity index (χ2n) is 12.5. The molecule has 3 amide bonds. The van der Waals surface area contributed by atoms with Gasteiger partial charge in [-0.15, -0.1) is 0 Å². The predicted octanol–water partition coefficient (Wildman–Crippen LogP) is 6.56. The zero-order valence-corrected chi connectivity index (χ0v) is 26.0. The molecule has 0 radical (unpaired) electrons. The first-order valence-electron chi connectivity index (χ1n) is 15.1. The zero-order chi connectivity index (χ0) is 30.2. The van der Waals surface area contributed by atoms with Crippen LogP contribution in [0.3, 0.4) is 0 Å². The molecule has 0 spiro atoms. The summed E-state index contributed by atoms with van der Waals surface area (Å²) in [6.07, 6.45) is 5.51. The monoisotopic (exact) mass is 563 g/mol. The van der Waals surface area contributed by atoms with Crippen molar-refractivity contribution in [1.29, 1.82) is 0 Å². The average Bonchev–Trinajstić information content (AvgIpc) is 2.92. The summed E-state index contributed by atoms with van der Waals surface area (Å²) in [5, 5.41) is 6.14. The van der Waals surface area contributed by atoms with Gasteiger partial charge in [-0.3, -0.25) is 9.59 Å². The molecule has 0 bridgehead atoms. The molecule has 41 heavy (non-hydrogen) atoms. The van der Waals surface area contributed by atoms with Gasteiger partial charge in [-0.05, 0) is 77.5 Å². The van der Waals surface area contributed by atoms with E-state index in [0.717, 1.165) is 47.9 Å². The number of ether oxygens (including phenoxy) is 1. The van der Waals surface area contributed by atoms with Gasteiger partial charge in [0.15, 0.2) is 0 Å². The second kappa shape index (κ2) is 14.5. The zero-order valence-electron chi connectivity index (χ0n) is 26.0. The lowest BCUT2D eigenvalue weighted by atomic mass is 9.92. The van der Waals surface area contributed by atoms with E-state index in [1.807, 2.05) is 76.2 Å². The van der Waals surface area contributed by atoms with Crippen LogP contribution in [0.25, 0.3) is 0 Å². The largest absolute Gasteiger partial charge is 0.444 e. The maximum absolute atomic E-state index is 14.6. The van der Waals surface area contributed by atoms with E-state index >= 15 is 0 Å². The molecular formula is C34H49N3O4. The molecule has 2 N–H and O–H groups in total. The van der Waals surface area contributed by atoms with Gasteiger partial charge in [-0.1, -0.05) is 80.3 Å². The Morgan fingerprint density at radius 2 is 1.66 bits per heavy atom. The average molecular weight is 564 g/mol. The van der Waals surface area contributed by atoms with E-state index in [1.54, 1.807) is 25.7 Å². The van der Waals surface area contributed by atoms with E-state index in [2.05, 4.69) is 10.6 Å². The topological polar surface area (TPSA) is 87.7 Å². The molecule has 1 saturated carbocycles. The van der Waals surface area contributed by atoms with Gasteiger partial charge in [0.25, 0.3) is 0 Å². The van der Waals surface area contributed by atoms with Crippen molar-refractivity contribution in [3.63, 3.8) is 0 Å². The Morgan fingerprint density at radius 3 is 2.27 bits per heavy atom. The summed E-state index contributed by atoms with van der Waals surface area (Å²) in [4.78, 5) is 43.5. The summed E-state index contributed by atoms with van der Waals surface area (Å²) in [7, 11) is 0. The first kappa shape index (κ1) is 32.2. The molecule has 2 aromatic carbocycles. The number of aryl methyl sites for hydroxylation is 2. The number of rotatable bonds is 10. The highest BCUT2D eigenvalue weighted by Crippen LogP contribution is 2.30. The number of hydrogen-bond acceptors (Lipinski definition) is 4. The molecule has 0 aromatic heterocycles. The van der Waals surface area contributed by atoms with Crippen molar-refractivity contribution in [3.05, 3.63) is 70.8 Å². The highest BCUT2D eigenvalue weighted by atomic mass is 16.6. The number of amides is 3. The summed E-state index contributed by atoms with van der Waals surface area (Å²) in [6.45, 7) is 13.3. The maximum atomic E-state index is 14.6. The minimum atomic E-state index is -0.920. The molecular weight excluding hydrogens is 514 g/mol. The van der Waals surface area contributed by atoms with Gasteiger partial charge in [0.05, 0.1) is 0 Å². The Morgan fingerprint density at radius 1 is 1.00 bits per heavy atom. The van der Waals surface area contributed by atoms with Crippen molar-refractivity contribution in [2.45, 2.75) is 123 Å². The van der Waals surface area contributed by atoms with E-state index in [0.29, 0.717) is 6.42 Å². The van der Waals surface area contributed by atoms with Crippen molar-refractivity contribution < 1.29 is 19.1 Å². The van der Waals surface area contributed by atoms with Gasteiger partial charge in [0.1, 0.15) is 17.7 Å². The lowest BCUT2D eigenvalue weighted by molar-refractivity contribution is -0.145. The molecule has 0 heterocycles. The van der Waals surface area contributed by atoms with Gasteiger partial charge < -0.3 is 20.3 Å². The number of carbonyl (C=O) groups excluding carboxylic acids is 3. The van der Waals surface area contributed by atoms with Crippen molar-refractivity contribution in [3.8, 4) is 0 Å². The summed E-state index contributed by atoms with van der Waals surface area (Å²) in [6, 6.07) is 13.7. The van der Waals surface area contributed by atoms with Crippen LogP contribution in [0.5, 0.6) is 0 Å². The molecule has 224 valence electrons. The highest BCUT2D eigenvalue weighted by Gasteiger charge is 2.39. The fraction of sp³-hybridized carbons (Fsp3) is 0.559. The van der Waals surface area contributed by atoms with Gasteiger partial charge in [-0.2, -0.15) is 0 Å². The van der Waals surface area contributed by atoms with Crippen molar-refractivity contribution in [2.75, 3.05) is 0 Å². The van der Waals surface area contributed by atoms with Crippen LogP contribution in [0, 0.1) is 13.8 Å². The van der Waals surface area contributed by atoms with E-state index in [9.17, 15) is 14.4 Å². The van der Waals surface area contributed by atoms with Crippen LogP contribution in [0.4, 0.5) is 4.79 Å². The number of alkyl carbamates (subject to hydrolysis) is 1. The van der Waals surface area contributed by atoms with Crippen LogP contribution in [-0.2, 0) is 20.7 Å². The Bertz CT molecular complexity index is 1170. The van der Waals surface area contributed by atoms with Gasteiger partial charge in [0.2, 0.25) is 11.8 Å². The van der Waals surface area contributed by atoms with Crippen LogP contribution in [-0.4, -0.2) is 46.5 Å². The maximum Gasteiger partial charge on any atom is 0.408 e. The number of benzene rings is 2. The molecule has 7 heteroatoms. The number of hydrogen-bond donors (Lipinski definition) is 2. The van der Waals surface area contributed by atoms with E-state index in [1.165, 1.54) is 6.42 Å². The van der Waals surface area contributed by atoms with E-state index in [4.69, 9.17) is 4.74 Å². The van der Waals surface area contributed by atoms with Crippen molar-refractivity contribution in [2.24, 2.45) is 0 Å². The van der Waals surface area contributed by atoms with Crippen LogP contribution in [0.2, 0.25) is 0 Å². The molecule has 1 fully saturated rings. The van der Waals surface area contributed by atoms with Crippen LogP contribution < -0.4 is 10.6 Å². The highest BCUT2D eigenvalue weighted by molar-refractivity contribution is 5.93. The summed E-state index contributed by atoms with van der Waals surface area (Å²) >= 11 is 0. The number of nitrogens with one attached hydrogen (secondary N) is 2. The van der Waals surface area contributed by atoms with Crippen molar-refractivity contribution in [1.82, 2.24) is 15.5 Å². The first-order valence-corrected chi connectivity index (χ1v) is 15.1. The molecule has 0 aliphatic heterocycles. The molecule has 1 aliphatic carbocycles. The Balaban J connectivity index is 2.07. The molecule has 7 nitrogen and oxygen atoms in total. The SMILES string of the molecule is CCC(C)N(C(=O)C(Cc1ccccc1)NC(=O)OC(C)(C)C)C(C(=O)NC1CCCCC1)c1cc(C)ccc1C. The van der Waals surface area contributed by atoms with Crippen LogP contribution >= 0.6 is 0 Å². The van der Waals surface area contributed by atoms with Gasteiger partial charge >= 0.3 is 6.09 Å². The standard InChI is InChI=1S/C34H49N3O4/c1-8-25(4)37(32(39)29(22-26-15-11-9-12-16-26)36-33(40)41-34(5,6)7)30(28-21-23(2)19-20-24(28)3)31(38)35-27-17-13-10-14-18-27/h9,11-12,15-16,19-21,25,27,29-30H,8,10,13-14,17-18,22H2,1-7H3,(H,35,38)(H,36,40). The Hall–Kier alpha value is -3.35. The first-order chi connectivity index (χ1) is 19.4. The molecule has 2 aromatic rings. The number of carbonyl (C=O) groups is 3. The second-order valence-corrected chi connectivity index (χ2v) is 12.5. The van der Waals surface area contributed by atoms with Crippen LogP contribution in [0.1, 0.15) is 101 Å². The van der Waals surface area contributed by atoms with Gasteiger partial charge in [-0.25, -0.2) is 4.79 Å². The van der Waals surface area contributed by atoms with Gasteiger partial charge in [0, 0.05) is 18.5 Å². The minimum Gasteiger partial charge on any atom is -0.444 e. The third-order valence-corrected chi connectivity index (χ3v) is 7.80. The lowest BCUT2D eigenvalue weighted by Crippen LogP contribution is -2.56. The minimum absolute atomic E-state index is 0.0951. The quantitative estimate of drug-likeness (QED) is 0.343. The normalized spacial score (nSPS) is 16.3. The van der Waals surface area contributed by atoms with E-state index in [-0.39, 0.29) is 30.3 Å². The predicted molar refractivity (Wildman–Crippen MR) is 164 cm³/mol. The lowest BCUT2D eigenvalue weighted by Gasteiger charge is -2.39. The molecule has 1 aliphatic rings. The van der Waals surface area contributed by atoms with Crippen molar-refractivity contribution >= 4 is 17.9 Å². The third kappa shape index (κ3) is 9.34. The fourth-order valence-electron chi connectivity index (χ4n) is 5.47. The van der Waals surface area contributed by atoms with E-state index < -0.39 is 23.8 Å². The number of nitrogens with zero attached hydrogens (tertiary/aromatic N) is 1. The molecule has 3 atom stereocenters. The molecule has 3 unspecified atom stereocenters.